The third-order valence-corrected chi connectivity index (χ3v) is 4.87. The molecule has 102 valence electrons. The highest BCUT2D eigenvalue weighted by molar-refractivity contribution is 5.85. The lowest BCUT2D eigenvalue weighted by Crippen LogP contribution is -2.55. The van der Waals surface area contributed by atoms with Gasteiger partial charge in [-0.3, -0.25) is 9.69 Å². The van der Waals surface area contributed by atoms with E-state index in [-0.39, 0.29) is 5.91 Å². The summed E-state index contributed by atoms with van der Waals surface area (Å²) in [5, 5.41) is 3.53. The molecule has 0 aliphatic heterocycles. The van der Waals surface area contributed by atoms with Gasteiger partial charge in [0, 0.05) is 18.1 Å². The Bertz CT molecular complexity index is 338. The van der Waals surface area contributed by atoms with E-state index < -0.39 is 5.54 Å². The van der Waals surface area contributed by atoms with Crippen LogP contribution in [0, 0.1) is 0 Å². The normalized spacial score (nSPS) is 36.2. The number of carbonyl (C=O) groups is 1. The lowest BCUT2D eigenvalue weighted by atomic mass is 9.96. The van der Waals surface area contributed by atoms with E-state index in [0.717, 1.165) is 31.8 Å². The molecular weight excluding hydrogens is 226 g/mol. The highest BCUT2D eigenvalue weighted by Gasteiger charge is 2.49. The fourth-order valence-electron chi connectivity index (χ4n) is 3.57. The molecule has 2 atom stereocenters. The number of hydrogen-bond acceptors (Lipinski definition) is 3. The number of hydrogen-bond donors (Lipinski definition) is 2. The largest absolute Gasteiger partial charge is 0.368 e. The first-order valence-corrected chi connectivity index (χ1v) is 7.48. The fraction of sp³-hybridized carbons (Fsp3) is 0.929. The number of carbonyl (C=O) groups excluding carboxylic acids is 1. The molecule has 2 unspecified atom stereocenters. The van der Waals surface area contributed by atoms with Crippen molar-refractivity contribution in [1.82, 2.24) is 10.2 Å². The predicted molar refractivity (Wildman–Crippen MR) is 71.1 cm³/mol. The van der Waals surface area contributed by atoms with Crippen LogP contribution in [0.25, 0.3) is 0 Å². The average Bonchev–Trinajstić information content (AvgIpc) is 3.22. The Labute approximate surface area is 109 Å². The summed E-state index contributed by atoms with van der Waals surface area (Å²) < 4.78 is 0. The average molecular weight is 251 g/mol. The zero-order valence-corrected chi connectivity index (χ0v) is 11.3. The van der Waals surface area contributed by atoms with Crippen LogP contribution in [0.2, 0.25) is 0 Å². The number of primary amides is 1. The number of rotatable bonds is 6. The van der Waals surface area contributed by atoms with E-state index in [1.807, 2.05) is 0 Å². The van der Waals surface area contributed by atoms with Crippen LogP contribution >= 0.6 is 0 Å². The number of nitrogens with two attached hydrogens (primary N) is 1. The van der Waals surface area contributed by atoms with Gasteiger partial charge >= 0.3 is 0 Å². The van der Waals surface area contributed by atoms with Crippen LogP contribution in [-0.4, -0.2) is 41.0 Å². The second-order valence-corrected chi connectivity index (χ2v) is 6.32. The molecule has 0 aromatic rings. The van der Waals surface area contributed by atoms with Gasteiger partial charge < -0.3 is 11.1 Å². The molecule has 3 saturated carbocycles. The topological polar surface area (TPSA) is 58.4 Å². The van der Waals surface area contributed by atoms with Crippen LogP contribution in [0.15, 0.2) is 0 Å². The summed E-state index contributed by atoms with van der Waals surface area (Å²) >= 11 is 0. The van der Waals surface area contributed by atoms with Crippen molar-refractivity contribution in [3.63, 3.8) is 0 Å². The van der Waals surface area contributed by atoms with Crippen molar-refractivity contribution in [3.8, 4) is 0 Å². The van der Waals surface area contributed by atoms with E-state index in [4.69, 9.17) is 5.73 Å². The highest BCUT2D eigenvalue weighted by Crippen LogP contribution is 2.39. The van der Waals surface area contributed by atoms with Gasteiger partial charge in [0.1, 0.15) is 0 Å². The van der Waals surface area contributed by atoms with E-state index in [0.29, 0.717) is 12.1 Å². The standard InChI is InChI=1S/C14H25N3O/c1-2-17(11-5-6-11)12-7-8-14(9-12,13(15)18)16-10-3-4-10/h10-12,16H,2-9H2,1H3,(H2,15,18). The Hall–Kier alpha value is -0.610. The molecule has 0 spiro atoms. The maximum Gasteiger partial charge on any atom is 0.237 e. The lowest BCUT2D eigenvalue weighted by Gasteiger charge is -2.31. The molecule has 0 radical (unpaired) electrons. The molecule has 3 N–H and O–H groups in total. The number of amides is 1. The monoisotopic (exact) mass is 251 g/mol. The molecular formula is C14H25N3O. The Morgan fingerprint density at radius 2 is 2.00 bits per heavy atom. The first kappa shape index (κ1) is 12.4. The number of nitrogens with one attached hydrogen (secondary N) is 1. The van der Waals surface area contributed by atoms with Gasteiger partial charge in [0.25, 0.3) is 0 Å². The molecule has 0 aromatic carbocycles. The van der Waals surface area contributed by atoms with Crippen molar-refractivity contribution in [1.29, 1.82) is 0 Å². The maximum atomic E-state index is 11.9. The molecule has 1 amide bonds. The Morgan fingerprint density at radius 3 is 2.50 bits per heavy atom. The molecule has 0 heterocycles. The SMILES string of the molecule is CCN(C1CC1)C1CCC(NC2CC2)(C(N)=O)C1. The molecule has 18 heavy (non-hydrogen) atoms. The van der Waals surface area contributed by atoms with Gasteiger partial charge in [-0.2, -0.15) is 0 Å². The summed E-state index contributed by atoms with van der Waals surface area (Å²) in [5.74, 6) is -0.135. The molecule has 3 rings (SSSR count). The molecule has 3 fully saturated rings. The van der Waals surface area contributed by atoms with Crippen molar-refractivity contribution in [2.45, 2.75) is 75.5 Å². The van der Waals surface area contributed by atoms with Crippen molar-refractivity contribution >= 4 is 5.91 Å². The van der Waals surface area contributed by atoms with Gasteiger partial charge in [-0.25, -0.2) is 0 Å². The third kappa shape index (κ3) is 2.28. The summed E-state index contributed by atoms with van der Waals surface area (Å²) in [6, 6.07) is 1.89. The number of nitrogens with zero attached hydrogens (tertiary/aromatic N) is 1. The van der Waals surface area contributed by atoms with E-state index in [1.54, 1.807) is 0 Å². The quantitative estimate of drug-likeness (QED) is 0.740. The molecule has 3 aliphatic rings. The van der Waals surface area contributed by atoms with E-state index in [2.05, 4.69) is 17.1 Å². The second-order valence-electron chi connectivity index (χ2n) is 6.32. The molecule has 4 nitrogen and oxygen atoms in total. The first-order chi connectivity index (χ1) is 8.64. The fourth-order valence-corrected chi connectivity index (χ4v) is 3.57. The van der Waals surface area contributed by atoms with Crippen molar-refractivity contribution in [3.05, 3.63) is 0 Å². The van der Waals surface area contributed by atoms with Crippen molar-refractivity contribution in [2.24, 2.45) is 5.73 Å². The summed E-state index contributed by atoms with van der Waals surface area (Å²) in [5.41, 5.74) is 5.28. The van der Waals surface area contributed by atoms with E-state index >= 15 is 0 Å². The predicted octanol–water partition coefficient (Wildman–Crippen LogP) is 0.999. The van der Waals surface area contributed by atoms with Gasteiger partial charge in [0.2, 0.25) is 5.91 Å². The van der Waals surface area contributed by atoms with Gasteiger partial charge in [-0.05, 0) is 51.5 Å². The van der Waals surface area contributed by atoms with Gasteiger partial charge in [0.05, 0.1) is 5.54 Å². The van der Waals surface area contributed by atoms with Crippen LogP contribution in [0.1, 0.15) is 51.9 Å². The van der Waals surface area contributed by atoms with Crippen LogP contribution in [-0.2, 0) is 4.79 Å². The molecule has 0 saturated heterocycles. The molecule has 0 bridgehead atoms. The van der Waals surface area contributed by atoms with Gasteiger partial charge in [-0.15, -0.1) is 0 Å². The summed E-state index contributed by atoms with van der Waals surface area (Å²) in [6.07, 6.45) is 8.05. The molecule has 0 aromatic heterocycles. The Kier molecular flexibility index (Phi) is 3.10. The zero-order chi connectivity index (χ0) is 12.8. The van der Waals surface area contributed by atoms with Crippen LogP contribution in [0.5, 0.6) is 0 Å². The molecule has 4 heteroatoms. The third-order valence-electron chi connectivity index (χ3n) is 4.87. The molecule has 3 aliphatic carbocycles. The van der Waals surface area contributed by atoms with Crippen molar-refractivity contribution < 1.29 is 4.79 Å². The van der Waals surface area contributed by atoms with Crippen LogP contribution in [0.4, 0.5) is 0 Å². The second kappa shape index (κ2) is 4.49. The Balaban J connectivity index is 1.68. The smallest absolute Gasteiger partial charge is 0.237 e. The minimum Gasteiger partial charge on any atom is -0.368 e. The minimum absolute atomic E-state index is 0.135. The highest BCUT2D eigenvalue weighted by atomic mass is 16.1. The van der Waals surface area contributed by atoms with Gasteiger partial charge in [-0.1, -0.05) is 6.92 Å². The van der Waals surface area contributed by atoms with E-state index in [1.165, 1.54) is 25.7 Å². The first-order valence-electron chi connectivity index (χ1n) is 7.48. The maximum absolute atomic E-state index is 11.9. The van der Waals surface area contributed by atoms with Crippen LogP contribution in [0.3, 0.4) is 0 Å². The summed E-state index contributed by atoms with van der Waals surface area (Å²) in [7, 11) is 0. The van der Waals surface area contributed by atoms with Crippen LogP contribution < -0.4 is 11.1 Å². The summed E-state index contributed by atoms with van der Waals surface area (Å²) in [4.78, 5) is 14.5. The summed E-state index contributed by atoms with van der Waals surface area (Å²) in [6.45, 7) is 3.34. The Morgan fingerprint density at radius 1 is 1.28 bits per heavy atom. The van der Waals surface area contributed by atoms with Crippen molar-refractivity contribution in [2.75, 3.05) is 6.54 Å². The minimum atomic E-state index is -0.409. The van der Waals surface area contributed by atoms with E-state index in [9.17, 15) is 4.79 Å². The zero-order valence-electron chi connectivity index (χ0n) is 11.3. The lowest BCUT2D eigenvalue weighted by molar-refractivity contribution is -0.124. The van der Waals surface area contributed by atoms with Gasteiger partial charge in [0.15, 0.2) is 0 Å².